The third kappa shape index (κ3) is 13.2. The smallest absolute Gasteiger partial charge is 0.407 e. The molecule has 0 aliphatic carbocycles. The summed E-state index contributed by atoms with van der Waals surface area (Å²) in [6, 6.07) is 9.97. The third-order valence-corrected chi connectivity index (χ3v) is 2.49. The summed E-state index contributed by atoms with van der Waals surface area (Å²) in [5, 5.41) is 2.44. The molecule has 5 nitrogen and oxygen atoms in total. The molecule has 1 aromatic carbocycles. The van der Waals surface area contributed by atoms with Gasteiger partial charge in [0.1, 0.15) is 5.60 Å². The van der Waals surface area contributed by atoms with Crippen LogP contribution in [0.3, 0.4) is 0 Å². The molecule has 0 saturated carbocycles. The van der Waals surface area contributed by atoms with Crippen LogP contribution in [0.2, 0.25) is 0 Å². The molecule has 1 aromatic rings. The number of halogens is 1. The van der Waals surface area contributed by atoms with Crippen LogP contribution in [-0.4, -0.2) is 31.3 Å². The monoisotopic (exact) mass is 359 g/mol. The maximum absolute atomic E-state index is 11.0. The van der Waals surface area contributed by atoms with Gasteiger partial charge in [0.25, 0.3) is 0 Å². The Morgan fingerprint density at radius 1 is 1.19 bits per heavy atom. The normalized spacial score (nSPS) is 9.95. The molecule has 0 aliphatic heterocycles. The molecule has 0 aromatic heterocycles. The average molecular weight is 360 g/mol. The maximum Gasteiger partial charge on any atom is 0.407 e. The fourth-order valence-corrected chi connectivity index (χ4v) is 1.40. The van der Waals surface area contributed by atoms with E-state index in [-0.39, 0.29) is 18.9 Å². The van der Waals surface area contributed by atoms with Gasteiger partial charge in [-0.05, 0) is 32.9 Å². The number of methoxy groups -OCH3 is 1. The maximum atomic E-state index is 11.0. The first kappa shape index (κ1) is 19.4. The van der Waals surface area contributed by atoms with Crippen molar-refractivity contribution in [3.05, 3.63) is 34.8 Å². The van der Waals surface area contributed by atoms with Crippen molar-refractivity contribution in [1.29, 1.82) is 0 Å². The highest BCUT2D eigenvalue weighted by atomic mass is 79.9. The van der Waals surface area contributed by atoms with Crippen molar-refractivity contribution in [3.63, 3.8) is 0 Å². The van der Waals surface area contributed by atoms with Crippen LogP contribution in [0.15, 0.2) is 34.8 Å². The summed E-state index contributed by atoms with van der Waals surface area (Å²) in [6.07, 6.45) is -0.378. The Bertz CT molecular complexity index is 429. The van der Waals surface area contributed by atoms with Gasteiger partial charge in [0, 0.05) is 11.0 Å². The minimum atomic E-state index is -0.526. The Hall–Kier alpha value is -1.56. The van der Waals surface area contributed by atoms with Crippen molar-refractivity contribution >= 4 is 28.0 Å². The number of benzene rings is 1. The molecule has 0 atom stereocenters. The van der Waals surface area contributed by atoms with Crippen molar-refractivity contribution < 1.29 is 19.1 Å². The molecule has 0 bridgehead atoms. The van der Waals surface area contributed by atoms with Gasteiger partial charge >= 0.3 is 12.1 Å². The topological polar surface area (TPSA) is 64.6 Å². The lowest BCUT2D eigenvalue weighted by Crippen LogP contribution is -2.33. The fourth-order valence-electron chi connectivity index (χ4n) is 1.10. The van der Waals surface area contributed by atoms with Gasteiger partial charge in [-0.2, -0.15) is 0 Å². The Balaban J connectivity index is 0.000000471. The SMILES string of the molecule is Brc1ccccc1.COC(=O)CCNC(=O)OC(C)(C)C. The number of carbonyl (C=O) groups excluding carboxylic acids is 2. The van der Waals surface area contributed by atoms with Crippen LogP contribution in [0.1, 0.15) is 27.2 Å². The number of alkyl carbamates (subject to hydrolysis) is 1. The number of amides is 1. The lowest BCUT2D eigenvalue weighted by atomic mass is 10.2. The standard InChI is InChI=1S/C9H17NO4.C6H5Br/c1-9(2,3)14-8(12)10-6-5-7(11)13-4;7-6-4-2-1-3-5-6/h5-6H2,1-4H3,(H,10,12);1-5H. The molecule has 1 amide bonds. The van der Waals surface area contributed by atoms with Gasteiger partial charge in [-0.3, -0.25) is 4.79 Å². The lowest BCUT2D eigenvalue weighted by molar-refractivity contribution is -0.140. The molecule has 21 heavy (non-hydrogen) atoms. The first-order valence-corrected chi connectivity index (χ1v) is 7.28. The predicted molar refractivity (Wildman–Crippen MR) is 85.0 cm³/mol. The van der Waals surface area contributed by atoms with Gasteiger partial charge in [0.15, 0.2) is 0 Å². The Labute approximate surface area is 134 Å². The predicted octanol–water partition coefficient (Wildman–Crippen LogP) is 3.52. The van der Waals surface area contributed by atoms with E-state index >= 15 is 0 Å². The fraction of sp³-hybridized carbons (Fsp3) is 0.467. The third-order valence-electron chi connectivity index (χ3n) is 1.96. The number of rotatable bonds is 3. The quantitative estimate of drug-likeness (QED) is 0.838. The van der Waals surface area contributed by atoms with Crippen molar-refractivity contribution in [1.82, 2.24) is 5.32 Å². The van der Waals surface area contributed by atoms with E-state index in [9.17, 15) is 9.59 Å². The van der Waals surface area contributed by atoms with E-state index in [0.29, 0.717) is 0 Å². The summed E-state index contributed by atoms with van der Waals surface area (Å²) >= 11 is 3.31. The molecule has 0 aliphatic rings. The Morgan fingerprint density at radius 3 is 2.14 bits per heavy atom. The molecule has 1 rings (SSSR count). The Kier molecular flexibility index (Phi) is 9.45. The lowest BCUT2D eigenvalue weighted by Gasteiger charge is -2.19. The molecule has 0 fully saturated rings. The highest BCUT2D eigenvalue weighted by Gasteiger charge is 2.15. The second-order valence-corrected chi connectivity index (χ2v) is 5.97. The second-order valence-electron chi connectivity index (χ2n) is 5.05. The minimum absolute atomic E-state index is 0.149. The average Bonchev–Trinajstić information content (AvgIpc) is 2.38. The van der Waals surface area contributed by atoms with Crippen LogP contribution in [0.25, 0.3) is 0 Å². The number of nitrogens with one attached hydrogen (secondary N) is 1. The van der Waals surface area contributed by atoms with Crippen LogP contribution in [0.5, 0.6) is 0 Å². The molecule has 6 heteroatoms. The van der Waals surface area contributed by atoms with Gasteiger partial charge in [-0.25, -0.2) is 4.79 Å². The number of hydrogen-bond acceptors (Lipinski definition) is 4. The molecular formula is C15H22BrNO4. The summed E-state index contributed by atoms with van der Waals surface area (Å²) in [6.45, 7) is 5.54. The van der Waals surface area contributed by atoms with E-state index in [1.807, 2.05) is 30.3 Å². The van der Waals surface area contributed by atoms with Gasteiger partial charge in [0.2, 0.25) is 0 Å². The number of ether oxygens (including phenoxy) is 2. The van der Waals surface area contributed by atoms with Gasteiger partial charge in [-0.1, -0.05) is 34.1 Å². The molecule has 0 heterocycles. The summed E-state index contributed by atoms with van der Waals surface area (Å²) in [4.78, 5) is 21.7. The van der Waals surface area contributed by atoms with Gasteiger partial charge in [-0.15, -0.1) is 0 Å². The molecule has 0 saturated heterocycles. The van der Waals surface area contributed by atoms with Crippen molar-refractivity contribution in [3.8, 4) is 0 Å². The molecule has 0 radical (unpaired) electrons. The van der Waals surface area contributed by atoms with Crippen LogP contribution < -0.4 is 5.32 Å². The molecule has 0 spiro atoms. The van der Waals surface area contributed by atoms with Crippen LogP contribution in [-0.2, 0) is 14.3 Å². The van der Waals surface area contributed by atoms with Crippen molar-refractivity contribution in [2.75, 3.05) is 13.7 Å². The van der Waals surface area contributed by atoms with Crippen molar-refractivity contribution in [2.24, 2.45) is 0 Å². The first-order chi connectivity index (χ1) is 9.74. The van der Waals surface area contributed by atoms with Crippen LogP contribution >= 0.6 is 15.9 Å². The molecule has 0 unspecified atom stereocenters. The summed E-state index contributed by atoms with van der Waals surface area (Å²) in [7, 11) is 1.30. The highest BCUT2D eigenvalue weighted by molar-refractivity contribution is 9.10. The van der Waals surface area contributed by atoms with Crippen LogP contribution in [0, 0.1) is 0 Å². The number of hydrogen-bond donors (Lipinski definition) is 1. The van der Waals surface area contributed by atoms with Gasteiger partial charge in [0.05, 0.1) is 13.5 Å². The zero-order valence-corrected chi connectivity index (χ0v) is 14.4. The Morgan fingerprint density at radius 2 is 1.76 bits per heavy atom. The molecule has 1 N–H and O–H groups in total. The largest absolute Gasteiger partial charge is 0.469 e. The van der Waals surface area contributed by atoms with E-state index in [1.54, 1.807) is 20.8 Å². The molecular weight excluding hydrogens is 338 g/mol. The zero-order valence-electron chi connectivity index (χ0n) is 12.8. The van der Waals surface area contributed by atoms with Crippen molar-refractivity contribution in [2.45, 2.75) is 32.8 Å². The van der Waals surface area contributed by atoms with E-state index in [0.717, 1.165) is 4.47 Å². The highest BCUT2D eigenvalue weighted by Crippen LogP contribution is 2.06. The van der Waals surface area contributed by atoms with E-state index in [4.69, 9.17) is 4.74 Å². The van der Waals surface area contributed by atoms with Gasteiger partial charge < -0.3 is 14.8 Å². The zero-order chi connectivity index (χ0) is 16.3. The number of carbonyl (C=O) groups is 2. The van der Waals surface area contributed by atoms with E-state index in [1.165, 1.54) is 7.11 Å². The molecule has 118 valence electrons. The first-order valence-electron chi connectivity index (χ1n) is 6.49. The minimum Gasteiger partial charge on any atom is -0.469 e. The summed E-state index contributed by atoms with van der Waals surface area (Å²) in [5.41, 5.74) is -0.519. The summed E-state index contributed by atoms with van der Waals surface area (Å²) < 4.78 is 10.5. The summed E-state index contributed by atoms with van der Waals surface area (Å²) in [5.74, 6) is -0.360. The van der Waals surface area contributed by atoms with E-state index in [2.05, 4.69) is 26.0 Å². The second kappa shape index (κ2) is 10.2. The number of esters is 1. The van der Waals surface area contributed by atoms with Crippen LogP contribution in [0.4, 0.5) is 4.79 Å². The van der Waals surface area contributed by atoms with E-state index < -0.39 is 11.7 Å².